The minimum absolute atomic E-state index is 0.342. The maximum absolute atomic E-state index is 12.3. The Hall–Kier alpha value is -2.72. The average molecular weight is 410 g/mol. The molecule has 1 atom stereocenters. The Kier molecular flexibility index (Phi) is 7.15. The number of hydrogen-bond donors (Lipinski definition) is 2. The largest absolute Gasteiger partial charge is 0.481 e. The molecule has 0 unspecified atom stereocenters. The second-order valence-corrected chi connectivity index (χ2v) is 7.89. The summed E-state index contributed by atoms with van der Waals surface area (Å²) in [5.41, 5.74) is 3.69. The van der Waals surface area contributed by atoms with Crippen LogP contribution in [-0.2, 0) is 4.79 Å². The van der Waals surface area contributed by atoms with Gasteiger partial charge in [0.05, 0.1) is 0 Å². The molecule has 0 bridgehead atoms. The van der Waals surface area contributed by atoms with Gasteiger partial charge in [-0.2, -0.15) is 0 Å². The van der Waals surface area contributed by atoms with E-state index in [9.17, 15) is 4.79 Å². The molecule has 142 valence electrons. The van der Waals surface area contributed by atoms with Gasteiger partial charge in [-0.05, 0) is 53.8 Å². The van der Waals surface area contributed by atoms with E-state index in [4.69, 9.17) is 9.94 Å². The quantitative estimate of drug-likeness (QED) is 0.245. The highest BCUT2D eigenvalue weighted by atomic mass is 32.2. The van der Waals surface area contributed by atoms with Crippen molar-refractivity contribution in [1.82, 2.24) is 5.48 Å². The molecule has 3 rings (SSSR count). The van der Waals surface area contributed by atoms with Gasteiger partial charge in [0.25, 0.3) is 5.91 Å². The van der Waals surface area contributed by atoms with Crippen molar-refractivity contribution in [2.45, 2.75) is 17.1 Å². The lowest BCUT2D eigenvalue weighted by atomic mass is 10.1. The number of ether oxygens (including phenoxy) is 1. The van der Waals surface area contributed by atoms with Crippen LogP contribution in [0.3, 0.4) is 0 Å². The van der Waals surface area contributed by atoms with Crippen LogP contribution in [0.5, 0.6) is 5.75 Å². The van der Waals surface area contributed by atoms with Gasteiger partial charge in [0, 0.05) is 9.77 Å². The fourth-order valence-electron chi connectivity index (χ4n) is 2.54. The highest BCUT2D eigenvalue weighted by molar-refractivity contribution is 8.00. The van der Waals surface area contributed by atoms with Crippen LogP contribution in [-0.4, -0.2) is 17.7 Å². The van der Waals surface area contributed by atoms with Gasteiger partial charge in [-0.15, -0.1) is 29.0 Å². The van der Waals surface area contributed by atoms with Gasteiger partial charge in [-0.25, -0.2) is 5.48 Å². The van der Waals surface area contributed by atoms with E-state index in [1.54, 1.807) is 23.7 Å². The Bertz CT molecular complexity index is 956. The first-order chi connectivity index (χ1) is 13.7. The van der Waals surface area contributed by atoms with E-state index < -0.39 is 11.2 Å². The summed E-state index contributed by atoms with van der Waals surface area (Å²) in [6.07, 6.45) is 0. The lowest BCUT2D eigenvalue weighted by Gasteiger charge is -2.15. The van der Waals surface area contributed by atoms with Gasteiger partial charge in [0.1, 0.15) is 17.6 Å². The highest BCUT2D eigenvalue weighted by Gasteiger charge is 2.22. The molecule has 0 spiro atoms. The van der Waals surface area contributed by atoms with E-state index in [-0.39, 0.29) is 0 Å². The number of nitrogens with one attached hydrogen (secondary N) is 1. The molecule has 0 fully saturated rings. The summed E-state index contributed by atoms with van der Waals surface area (Å²) in [7, 11) is 0. The number of thiophene rings is 1. The van der Waals surface area contributed by atoms with Crippen molar-refractivity contribution in [2.24, 2.45) is 0 Å². The number of amides is 1. The minimum atomic E-state index is -0.569. The molecule has 0 radical (unpaired) electrons. The van der Waals surface area contributed by atoms with Gasteiger partial charge >= 0.3 is 0 Å². The fraction of sp³-hybridized carbons (Fsp3) is 0.136. The molecule has 0 saturated carbocycles. The summed E-state index contributed by atoms with van der Waals surface area (Å²) >= 11 is 3.03. The number of hydroxylamine groups is 1. The van der Waals surface area contributed by atoms with E-state index in [0.717, 1.165) is 21.8 Å². The van der Waals surface area contributed by atoms with Gasteiger partial charge < -0.3 is 4.74 Å². The monoisotopic (exact) mass is 409 g/mol. The Labute approximate surface area is 172 Å². The van der Waals surface area contributed by atoms with Crippen molar-refractivity contribution in [3.05, 3.63) is 71.6 Å². The van der Waals surface area contributed by atoms with Gasteiger partial charge in [-0.3, -0.25) is 10.0 Å². The second-order valence-electron chi connectivity index (χ2n) is 5.76. The van der Waals surface area contributed by atoms with Crippen LogP contribution in [0.2, 0.25) is 0 Å². The number of rotatable bonds is 7. The zero-order valence-electron chi connectivity index (χ0n) is 15.2. The second kappa shape index (κ2) is 10.00. The molecule has 3 aromatic rings. The summed E-state index contributed by atoms with van der Waals surface area (Å²) in [6, 6.07) is 19.3. The average Bonchev–Trinajstić information content (AvgIpc) is 3.28. The predicted octanol–water partition coefficient (Wildman–Crippen LogP) is 5.16. The number of hydrogen-bond acceptors (Lipinski definition) is 5. The third-order valence-corrected chi connectivity index (χ3v) is 6.12. The topological polar surface area (TPSA) is 58.6 Å². The highest BCUT2D eigenvalue weighted by Crippen LogP contribution is 2.37. The summed E-state index contributed by atoms with van der Waals surface area (Å²) in [5.74, 6) is 5.88. The lowest BCUT2D eigenvalue weighted by molar-refractivity contribution is -0.128. The van der Waals surface area contributed by atoms with E-state index in [2.05, 4.69) is 17.9 Å². The summed E-state index contributed by atoms with van der Waals surface area (Å²) in [4.78, 5) is 14.3. The van der Waals surface area contributed by atoms with Crippen LogP contribution in [0.1, 0.15) is 17.7 Å². The third-order valence-electron chi connectivity index (χ3n) is 3.93. The molecule has 0 aliphatic carbocycles. The Morgan fingerprint density at radius 1 is 1.18 bits per heavy atom. The Morgan fingerprint density at radius 3 is 2.54 bits per heavy atom. The van der Waals surface area contributed by atoms with Crippen molar-refractivity contribution in [1.29, 1.82) is 0 Å². The van der Waals surface area contributed by atoms with Crippen molar-refractivity contribution < 1.29 is 14.7 Å². The van der Waals surface area contributed by atoms with Crippen molar-refractivity contribution in [2.75, 3.05) is 6.61 Å². The van der Waals surface area contributed by atoms with E-state index in [1.165, 1.54) is 16.6 Å². The van der Waals surface area contributed by atoms with E-state index >= 15 is 0 Å². The van der Waals surface area contributed by atoms with Crippen LogP contribution in [0.4, 0.5) is 0 Å². The smallest absolute Gasteiger partial charge is 0.261 e. The van der Waals surface area contributed by atoms with Crippen molar-refractivity contribution >= 4 is 29.0 Å². The number of carbonyl (C=O) groups excluding carboxylic acids is 1. The van der Waals surface area contributed by atoms with Gasteiger partial charge in [0.15, 0.2) is 0 Å². The molecule has 2 N–H and O–H groups in total. The van der Waals surface area contributed by atoms with Gasteiger partial charge in [0.2, 0.25) is 0 Å². The first-order valence-corrected chi connectivity index (χ1v) is 10.3. The van der Waals surface area contributed by atoms with Crippen LogP contribution in [0.25, 0.3) is 10.4 Å². The number of thioether (sulfide) groups is 1. The lowest BCUT2D eigenvalue weighted by Crippen LogP contribution is -2.24. The first-order valence-electron chi connectivity index (χ1n) is 8.58. The molecular formula is C22H19NO3S2. The number of benzene rings is 2. The standard InChI is InChI=1S/C22H19NO3S2/c1-2-3-14-26-18-10-12-19(13-11-18)28-21(22(24)23-25)17-8-6-16(7-9-17)20-5-4-15-27-20/h4-13,15,21,25H,14H2,1H3,(H,23,24)/t21-/m1/s1. The van der Waals surface area contributed by atoms with E-state index in [1.807, 2.05) is 60.0 Å². The normalized spacial score (nSPS) is 11.2. The summed E-state index contributed by atoms with van der Waals surface area (Å²) < 4.78 is 5.51. The molecule has 0 aliphatic rings. The summed E-state index contributed by atoms with van der Waals surface area (Å²) in [5, 5.41) is 10.6. The maximum Gasteiger partial charge on any atom is 0.261 e. The molecule has 1 aromatic heterocycles. The Morgan fingerprint density at radius 2 is 1.93 bits per heavy atom. The van der Waals surface area contributed by atoms with Crippen molar-refractivity contribution in [3.63, 3.8) is 0 Å². The van der Waals surface area contributed by atoms with Crippen LogP contribution < -0.4 is 10.2 Å². The molecule has 4 nitrogen and oxygen atoms in total. The molecule has 1 amide bonds. The minimum Gasteiger partial charge on any atom is -0.481 e. The Balaban J connectivity index is 1.75. The maximum atomic E-state index is 12.3. The molecule has 0 aliphatic heterocycles. The SMILES string of the molecule is CC#CCOc1ccc(S[C@@H](C(=O)NO)c2ccc(-c3cccs3)cc2)cc1. The molecule has 28 heavy (non-hydrogen) atoms. The van der Waals surface area contributed by atoms with Crippen LogP contribution in [0.15, 0.2) is 70.9 Å². The summed E-state index contributed by atoms with van der Waals surface area (Å²) in [6.45, 7) is 2.11. The van der Waals surface area contributed by atoms with E-state index in [0.29, 0.717) is 6.61 Å². The van der Waals surface area contributed by atoms with Crippen molar-refractivity contribution in [3.8, 4) is 28.0 Å². The molecule has 6 heteroatoms. The molecule has 2 aromatic carbocycles. The van der Waals surface area contributed by atoms with Crippen LogP contribution >= 0.6 is 23.1 Å². The molecular weight excluding hydrogens is 390 g/mol. The molecule has 1 heterocycles. The zero-order chi connectivity index (χ0) is 19.8. The third kappa shape index (κ3) is 5.17. The zero-order valence-corrected chi connectivity index (χ0v) is 16.8. The predicted molar refractivity (Wildman–Crippen MR) is 114 cm³/mol. The number of carbonyl (C=O) groups is 1. The van der Waals surface area contributed by atoms with Crippen LogP contribution in [0, 0.1) is 11.8 Å². The van der Waals surface area contributed by atoms with Gasteiger partial charge in [-0.1, -0.05) is 36.3 Å². The fourth-order valence-corrected chi connectivity index (χ4v) is 4.29. The first kappa shape index (κ1) is 20.0. The molecule has 0 saturated heterocycles.